The topological polar surface area (TPSA) is 102 Å². The van der Waals surface area contributed by atoms with Crippen molar-refractivity contribution in [2.75, 3.05) is 31.6 Å². The van der Waals surface area contributed by atoms with Gasteiger partial charge in [0.2, 0.25) is 10.0 Å². The quantitative estimate of drug-likeness (QED) is 0.532. The Hall–Kier alpha value is -2.49. The number of anilines is 1. The van der Waals surface area contributed by atoms with E-state index in [0.29, 0.717) is 24.8 Å². The molecule has 2 fully saturated rings. The number of aryl methyl sites for hydroxylation is 1. The predicted molar refractivity (Wildman–Crippen MR) is 113 cm³/mol. The molecule has 1 atom stereocenters. The van der Waals surface area contributed by atoms with E-state index in [1.165, 1.54) is 16.4 Å². The number of nitro groups is 1. The number of nitrogens with one attached hydrogen (secondary N) is 1. The van der Waals surface area contributed by atoms with Crippen LogP contribution in [0.3, 0.4) is 0 Å². The fourth-order valence-corrected chi connectivity index (χ4v) is 5.31. The van der Waals surface area contributed by atoms with Crippen LogP contribution in [0.5, 0.6) is 0 Å². The van der Waals surface area contributed by atoms with Gasteiger partial charge in [-0.15, -0.1) is 0 Å². The number of nitrogens with zero attached hydrogens (tertiary/aromatic N) is 2. The number of nitro benzene ring substituents is 1. The van der Waals surface area contributed by atoms with Gasteiger partial charge in [-0.05, 0) is 37.3 Å². The lowest BCUT2D eigenvalue weighted by Crippen LogP contribution is -2.40. The standard InChI is InChI=1S/C21H25N3O5S/c1-15-2-4-16(5-3-15)21(17-6-7-17)22-19-9-8-18(24(25)26)14-20(19)30(27,28)23-10-12-29-13-11-23/h2-5,8-9,14,17,21-22H,6-7,10-13H2,1H3/t21-/m0/s1. The van der Waals surface area contributed by atoms with Crippen LogP contribution >= 0.6 is 0 Å². The fraction of sp³-hybridized carbons (Fsp3) is 0.429. The zero-order chi connectivity index (χ0) is 21.3. The minimum absolute atomic E-state index is 0.0503. The Kier molecular flexibility index (Phi) is 5.77. The summed E-state index contributed by atoms with van der Waals surface area (Å²) < 4.78 is 33.3. The Balaban J connectivity index is 1.73. The van der Waals surface area contributed by atoms with Crippen molar-refractivity contribution in [3.63, 3.8) is 0 Å². The van der Waals surface area contributed by atoms with Gasteiger partial charge in [-0.25, -0.2) is 8.42 Å². The van der Waals surface area contributed by atoms with Gasteiger partial charge in [0, 0.05) is 25.2 Å². The van der Waals surface area contributed by atoms with E-state index in [1.54, 1.807) is 0 Å². The molecular formula is C21H25N3O5S. The summed E-state index contributed by atoms with van der Waals surface area (Å²) in [5.74, 6) is 0.404. The Morgan fingerprint density at radius 3 is 2.40 bits per heavy atom. The normalized spacial score (nSPS) is 18.7. The van der Waals surface area contributed by atoms with Gasteiger partial charge in [0.05, 0.1) is 29.9 Å². The van der Waals surface area contributed by atoms with E-state index < -0.39 is 14.9 Å². The number of hydrogen-bond acceptors (Lipinski definition) is 6. The number of sulfonamides is 1. The Labute approximate surface area is 176 Å². The summed E-state index contributed by atoms with van der Waals surface area (Å²) in [5, 5.41) is 14.7. The van der Waals surface area contributed by atoms with Crippen LogP contribution in [0.1, 0.15) is 30.0 Å². The van der Waals surface area contributed by atoms with Gasteiger partial charge >= 0.3 is 0 Å². The van der Waals surface area contributed by atoms with Crippen LogP contribution in [0.25, 0.3) is 0 Å². The molecule has 1 aliphatic heterocycles. The minimum Gasteiger partial charge on any atom is -0.379 e. The first-order valence-corrected chi connectivity index (χ1v) is 11.5. The van der Waals surface area contributed by atoms with Crippen LogP contribution in [-0.4, -0.2) is 43.9 Å². The molecule has 1 N–H and O–H groups in total. The third kappa shape index (κ3) is 4.33. The van der Waals surface area contributed by atoms with Gasteiger partial charge in [0.25, 0.3) is 5.69 Å². The molecule has 0 spiro atoms. The van der Waals surface area contributed by atoms with E-state index >= 15 is 0 Å². The molecule has 1 aliphatic carbocycles. The molecule has 1 saturated carbocycles. The maximum Gasteiger partial charge on any atom is 0.270 e. The molecule has 0 aromatic heterocycles. The molecule has 0 amide bonds. The summed E-state index contributed by atoms with van der Waals surface area (Å²) in [4.78, 5) is 10.7. The second kappa shape index (κ2) is 8.33. The summed E-state index contributed by atoms with van der Waals surface area (Å²) in [6, 6.07) is 12.1. The van der Waals surface area contributed by atoms with E-state index in [9.17, 15) is 18.5 Å². The maximum atomic E-state index is 13.3. The molecule has 1 heterocycles. The van der Waals surface area contributed by atoms with Crippen molar-refractivity contribution in [1.29, 1.82) is 0 Å². The summed E-state index contributed by atoms with van der Waals surface area (Å²) in [5.41, 5.74) is 2.38. The molecule has 0 bridgehead atoms. The first kappa shape index (κ1) is 20.8. The summed E-state index contributed by atoms with van der Waals surface area (Å²) in [7, 11) is -3.90. The van der Waals surface area contributed by atoms with Crippen molar-refractivity contribution < 1.29 is 18.1 Å². The number of morpholine rings is 1. The number of benzene rings is 2. The highest BCUT2D eigenvalue weighted by Crippen LogP contribution is 2.44. The molecule has 160 valence electrons. The Bertz CT molecular complexity index is 1030. The second-order valence-corrected chi connectivity index (χ2v) is 9.73. The molecular weight excluding hydrogens is 406 g/mol. The minimum atomic E-state index is -3.90. The monoisotopic (exact) mass is 431 g/mol. The van der Waals surface area contributed by atoms with Crippen molar-refractivity contribution in [1.82, 2.24) is 4.31 Å². The zero-order valence-electron chi connectivity index (χ0n) is 16.8. The average Bonchev–Trinajstić information content (AvgIpc) is 3.58. The van der Waals surface area contributed by atoms with Crippen LogP contribution in [0, 0.1) is 23.0 Å². The lowest BCUT2D eigenvalue weighted by molar-refractivity contribution is -0.385. The zero-order valence-corrected chi connectivity index (χ0v) is 17.6. The molecule has 2 aromatic carbocycles. The number of non-ortho nitro benzene ring substituents is 1. The number of ether oxygens (including phenoxy) is 1. The van der Waals surface area contributed by atoms with Gasteiger partial charge in [-0.1, -0.05) is 29.8 Å². The molecule has 2 aliphatic rings. The van der Waals surface area contributed by atoms with Gasteiger partial charge in [0.15, 0.2) is 0 Å². The predicted octanol–water partition coefficient (Wildman–Crippen LogP) is 3.49. The third-order valence-electron chi connectivity index (χ3n) is 5.60. The first-order valence-electron chi connectivity index (χ1n) is 10.1. The molecule has 0 unspecified atom stereocenters. The highest BCUT2D eigenvalue weighted by molar-refractivity contribution is 7.89. The van der Waals surface area contributed by atoms with Crippen LogP contribution in [0.4, 0.5) is 11.4 Å². The molecule has 1 saturated heterocycles. The van der Waals surface area contributed by atoms with Crippen LogP contribution in [-0.2, 0) is 14.8 Å². The molecule has 8 nitrogen and oxygen atoms in total. The molecule has 2 aromatic rings. The van der Waals surface area contributed by atoms with Crippen LogP contribution in [0.2, 0.25) is 0 Å². The SMILES string of the molecule is Cc1ccc([C@H](Nc2ccc([N+](=O)[O-])cc2S(=O)(=O)N2CCOCC2)C2CC2)cc1. The molecule has 4 rings (SSSR count). The average molecular weight is 432 g/mol. The Morgan fingerprint density at radius 2 is 1.80 bits per heavy atom. The van der Waals surface area contributed by atoms with Crippen molar-refractivity contribution in [3.8, 4) is 0 Å². The highest BCUT2D eigenvalue weighted by Gasteiger charge is 2.35. The van der Waals surface area contributed by atoms with Crippen molar-refractivity contribution in [2.45, 2.75) is 30.7 Å². The van der Waals surface area contributed by atoms with Crippen LogP contribution < -0.4 is 5.32 Å². The third-order valence-corrected chi connectivity index (χ3v) is 7.54. The lowest BCUT2D eigenvalue weighted by atomic mass is 10.0. The molecule has 0 radical (unpaired) electrons. The van der Waals surface area contributed by atoms with E-state index in [0.717, 1.165) is 30.0 Å². The van der Waals surface area contributed by atoms with E-state index in [4.69, 9.17) is 4.74 Å². The van der Waals surface area contributed by atoms with E-state index in [-0.39, 0.29) is 29.7 Å². The first-order chi connectivity index (χ1) is 14.4. The maximum absolute atomic E-state index is 13.3. The van der Waals surface area contributed by atoms with E-state index in [1.807, 2.05) is 31.2 Å². The molecule has 9 heteroatoms. The fourth-order valence-electron chi connectivity index (χ4n) is 3.73. The number of hydrogen-bond donors (Lipinski definition) is 1. The van der Waals surface area contributed by atoms with Crippen molar-refractivity contribution in [3.05, 3.63) is 63.7 Å². The number of rotatable bonds is 7. The van der Waals surface area contributed by atoms with Gasteiger partial charge in [-0.3, -0.25) is 10.1 Å². The van der Waals surface area contributed by atoms with Gasteiger partial charge in [0.1, 0.15) is 4.90 Å². The van der Waals surface area contributed by atoms with Gasteiger partial charge in [-0.2, -0.15) is 4.31 Å². The second-order valence-electron chi connectivity index (χ2n) is 7.82. The summed E-state index contributed by atoms with van der Waals surface area (Å²) in [6.45, 7) is 3.10. The van der Waals surface area contributed by atoms with Crippen LogP contribution in [0.15, 0.2) is 47.4 Å². The van der Waals surface area contributed by atoms with Crippen molar-refractivity contribution in [2.24, 2.45) is 5.92 Å². The smallest absolute Gasteiger partial charge is 0.270 e. The molecule has 30 heavy (non-hydrogen) atoms. The van der Waals surface area contributed by atoms with Crippen molar-refractivity contribution >= 4 is 21.4 Å². The largest absolute Gasteiger partial charge is 0.379 e. The van der Waals surface area contributed by atoms with E-state index in [2.05, 4.69) is 5.32 Å². The van der Waals surface area contributed by atoms with Gasteiger partial charge < -0.3 is 10.1 Å². The summed E-state index contributed by atoms with van der Waals surface area (Å²) >= 11 is 0. The Morgan fingerprint density at radius 1 is 1.13 bits per heavy atom. The lowest BCUT2D eigenvalue weighted by Gasteiger charge is -2.28. The summed E-state index contributed by atoms with van der Waals surface area (Å²) in [6.07, 6.45) is 2.12. The highest BCUT2D eigenvalue weighted by atomic mass is 32.2.